The number of carbonyl (C=O) groups excluding carboxylic acids is 1. The molecule has 1 unspecified atom stereocenters. The second-order valence-corrected chi connectivity index (χ2v) is 8.42. The molecule has 2 aliphatic rings. The summed E-state index contributed by atoms with van der Waals surface area (Å²) in [5, 5.41) is 17.6. The van der Waals surface area contributed by atoms with Crippen molar-refractivity contribution in [3.63, 3.8) is 0 Å². The van der Waals surface area contributed by atoms with Gasteiger partial charge in [0.05, 0.1) is 23.0 Å². The molecule has 5 nitrogen and oxygen atoms in total. The number of phenolic OH excluding ortho intramolecular Hbond substituents is 1. The summed E-state index contributed by atoms with van der Waals surface area (Å²) in [6.45, 7) is 8.48. The lowest BCUT2D eigenvalue weighted by molar-refractivity contribution is -0.936. The average Bonchev–Trinajstić information content (AvgIpc) is 2.92. The Morgan fingerprint density at radius 2 is 2.12 bits per heavy atom. The van der Waals surface area contributed by atoms with Gasteiger partial charge in [0.15, 0.2) is 0 Å². The largest absolute Gasteiger partial charge is 0.508 e. The van der Waals surface area contributed by atoms with E-state index in [4.69, 9.17) is 0 Å². The van der Waals surface area contributed by atoms with Crippen molar-refractivity contribution in [1.29, 1.82) is 0 Å². The molecule has 0 radical (unpaired) electrons. The molecule has 25 heavy (non-hydrogen) atoms. The van der Waals surface area contributed by atoms with Crippen molar-refractivity contribution in [2.75, 3.05) is 11.9 Å². The van der Waals surface area contributed by atoms with Crippen molar-refractivity contribution in [2.45, 2.75) is 45.9 Å². The smallest absolute Gasteiger partial charge is 0.256 e. The van der Waals surface area contributed by atoms with Crippen LogP contribution in [0.25, 0.3) is 0 Å². The highest BCUT2D eigenvalue weighted by molar-refractivity contribution is 7.16. The molecule has 0 fully saturated rings. The minimum atomic E-state index is -0.394. The first-order chi connectivity index (χ1) is 11.9. The monoisotopic (exact) mass is 358 g/mol. The summed E-state index contributed by atoms with van der Waals surface area (Å²) in [6.07, 6.45) is 0.554. The van der Waals surface area contributed by atoms with Crippen LogP contribution < -0.4 is 15.5 Å². The number of aromatic hydroxyl groups is 1. The molecular weight excluding hydrogens is 334 g/mol. The third-order valence-electron chi connectivity index (χ3n) is 5.27. The Morgan fingerprint density at radius 3 is 2.84 bits per heavy atom. The van der Waals surface area contributed by atoms with Gasteiger partial charge < -0.3 is 20.6 Å². The quantitative estimate of drug-likeness (QED) is 0.664. The number of benzene rings is 1. The van der Waals surface area contributed by atoms with Gasteiger partial charge in [-0.15, -0.1) is 11.3 Å². The normalized spacial score (nSPS) is 22.2. The lowest BCUT2D eigenvalue weighted by Gasteiger charge is -2.29. The van der Waals surface area contributed by atoms with Crippen LogP contribution in [0.5, 0.6) is 5.75 Å². The zero-order valence-electron chi connectivity index (χ0n) is 14.8. The van der Waals surface area contributed by atoms with E-state index < -0.39 is 6.17 Å². The number of nitrogens with one attached hydrogen (secondary N) is 3. The Labute approximate surface area is 151 Å². The number of hydrogen-bond acceptors (Lipinski definition) is 4. The van der Waals surface area contributed by atoms with Gasteiger partial charge in [0.2, 0.25) is 0 Å². The van der Waals surface area contributed by atoms with Gasteiger partial charge in [0, 0.05) is 12.0 Å². The first kappa shape index (κ1) is 16.4. The molecule has 2 aromatic rings. The van der Waals surface area contributed by atoms with E-state index in [1.54, 1.807) is 22.3 Å². The van der Waals surface area contributed by atoms with Crippen molar-refractivity contribution in [1.82, 2.24) is 5.32 Å². The van der Waals surface area contributed by atoms with E-state index in [0.29, 0.717) is 11.6 Å². The number of phenols is 1. The van der Waals surface area contributed by atoms with Crippen molar-refractivity contribution in [2.24, 2.45) is 0 Å². The Hall–Kier alpha value is -2.05. The molecule has 2 atom stereocenters. The molecule has 1 amide bonds. The number of carbonyl (C=O) groups is 1. The molecule has 0 aliphatic carbocycles. The second kappa shape index (κ2) is 6.04. The number of anilines is 1. The molecule has 2 aliphatic heterocycles. The van der Waals surface area contributed by atoms with Crippen molar-refractivity contribution in [3.8, 4) is 5.75 Å². The molecular formula is C19H24N3O2S+. The Kier molecular flexibility index (Phi) is 3.96. The summed E-state index contributed by atoms with van der Waals surface area (Å²) in [5.74, 6) is 0.169. The highest BCUT2D eigenvalue weighted by Gasteiger charge is 2.35. The first-order valence-electron chi connectivity index (χ1n) is 8.80. The van der Waals surface area contributed by atoms with Crippen LogP contribution in [-0.4, -0.2) is 23.6 Å². The molecule has 4 N–H and O–H groups in total. The van der Waals surface area contributed by atoms with Crippen LogP contribution in [0.4, 0.5) is 5.00 Å². The van der Waals surface area contributed by atoms with Crippen LogP contribution in [0, 0.1) is 6.92 Å². The van der Waals surface area contributed by atoms with Crippen molar-refractivity contribution >= 4 is 22.2 Å². The minimum absolute atomic E-state index is 0.0378. The molecule has 3 heterocycles. The topological polar surface area (TPSA) is 65.8 Å². The maximum atomic E-state index is 12.8. The molecule has 1 aromatic carbocycles. The summed E-state index contributed by atoms with van der Waals surface area (Å²) in [5.41, 5.74) is 3.71. The first-order valence-corrected chi connectivity index (χ1v) is 9.61. The highest BCUT2D eigenvalue weighted by Crippen LogP contribution is 2.40. The van der Waals surface area contributed by atoms with E-state index in [1.165, 1.54) is 10.4 Å². The Balaban J connectivity index is 1.67. The molecule has 132 valence electrons. The molecule has 0 saturated carbocycles. The number of fused-ring (bicyclic) bond motifs is 3. The molecule has 0 saturated heterocycles. The SMILES string of the molecule is Cc1ccc([C@H]2NC(=O)c3c(sc4c3CC[NH+](C(C)C)C4)N2)c(O)c1. The van der Waals surface area contributed by atoms with E-state index in [1.807, 2.05) is 19.1 Å². The number of rotatable bonds is 2. The van der Waals surface area contributed by atoms with Gasteiger partial charge in [-0.3, -0.25) is 4.79 Å². The molecule has 1 aromatic heterocycles. The molecule has 0 spiro atoms. The van der Waals surface area contributed by atoms with Crippen LogP contribution in [-0.2, 0) is 13.0 Å². The lowest BCUT2D eigenvalue weighted by Crippen LogP contribution is -3.14. The van der Waals surface area contributed by atoms with Crippen LogP contribution in [0.15, 0.2) is 18.2 Å². The summed E-state index contributed by atoms with van der Waals surface area (Å²) < 4.78 is 0. The predicted octanol–water partition coefficient (Wildman–Crippen LogP) is 1.97. The summed E-state index contributed by atoms with van der Waals surface area (Å²) in [7, 11) is 0. The van der Waals surface area contributed by atoms with Gasteiger partial charge in [-0.1, -0.05) is 12.1 Å². The van der Waals surface area contributed by atoms with Gasteiger partial charge in [-0.05, 0) is 38.0 Å². The van der Waals surface area contributed by atoms with E-state index in [9.17, 15) is 9.90 Å². The fourth-order valence-corrected chi connectivity index (χ4v) is 5.08. The molecule has 6 heteroatoms. The van der Waals surface area contributed by atoms with Crippen LogP contribution in [0.2, 0.25) is 0 Å². The van der Waals surface area contributed by atoms with E-state index in [0.717, 1.165) is 35.6 Å². The maximum absolute atomic E-state index is 12.8. The third kappa shape index (κ3) is 2.79. The van der Waals surface area contributed by atoms with E-state index in [-0.39, 0.29) is 11.7 Å². The summed E-state index contributed by atoms with van der Waals surface area (Å²) >= 11 is 1.70. The number of thiophene rings is 1. The third-order valence-corrected chi connectivity index (χ3v) is 6.43. The van der Waals surface area contributed by atoms with Crippen LogP contribution in [0.3, 0.4) is 0 Å². The Bertz CT molecular complexity index is 843. The van der Waals surface area contributed by atoms with Gasteiger partial charge >= 0.3 is 0 Å². The molecule has 4 rings (SSSR count). The highest BCUT2D eigenvalue weighted by atomic mass is 32.1. The minimum Gasteiger partial charge on any atom is -0.508 e. The number of amides is 1. The van der Waals surface area contributed by atoms with Crippen molar-refractivity contribution in [3.05, 3.63) is 45.3 Å². The predicted molar refractivity (Wildman–Crippen MR) is 99.4 cm³/mol. The average molecular weight is 358 g/mol. The van der Waals surface area contributed by atoms with E-state index in [2.05, 4.69) is 24.5 Å². The Morgan fingerprint density at radius 1 is 1.32 bits per heavy atom. The van der Waals surface area contributed by atoms with Crippen LogP contribution >= 0.6 is 11.3 Å². The van der Waals surface area contributed by atoms with Crippen LogP contribution in [0.1, 0.15) is 51.9 Å². The van der Waals surface area contributed by atoms with E-state index >= 15 is 0 Å². The van der Waals surface area contributed by atoms with Gasteiger partial charge in [0.1, 0.15) is 23.5 Å². The van der Waals surface area contributed by atoms with Crippen molar-refractivity contribution < 1.29 is 14.8 Å². The fraction of sp³-hybridized carbons (Fsp3) is 0.421. The van der Waals surface area contributed by atoms with Gasteiger partial charge in [-0.2, -0.15) is 0 Å². The fourth-order valence-electron chi connectivity index (χ4n) is 3.76. The van der Waals surface area contributed by atoms with Gasteiger partial charge in [0.25, 0.3) is 5.91 Å². The second-order valence-electron chi connectivity index (χ2n) is 7.31. The van der Waals surface area contributed by atoms with Gasteiger partial charge in [-0.25, -0.2) is 0 Å². The lowest BCUT2D eigenvalue weighted by atomic mass is 9.99. The molecule has 0 bridgehead atoms. The summed E-state index contributed by atoms with van der Waals surface area (Å²) in [6, 6.07) is 6.13. The maximum Gasteiger partial charge on any atom is 0.256 e. The number of aryl methyl sites for hydroxylation is 1. The zero-order valence-corrected chi connectivity index (χ0v) is 15.6. The zero-order chi connectivity index (χ0) is 17.7. The number of hydrogen-bond donors (Lipinski definition) is 4. The summed E-state index contributed by atoms with van der Waals surface area (Å²) in [4.78, 5) is 15.6. The standard InChI is InChI=1S/C19H23N3O2S/c1-10(2)22-7-6-13-15(9-22)25-19-16(13)18(24)20-17(21-19)12-5-4-11(3)8-14(12)23/h4-5,8,10,17,21,23H,6-7,9H2,1-3H3,(H,20,24)/p+1/t17-/m0/s1. The number of quaternary nitrogens is 1.